The lowest BCUT2D eigenvalue weighted by molar-refractivity contribution is -0.118. The quantitative estimate of drug-likeness (QED) is 0.671. The molecule has 3 amide bonds. The van der Waals surface area contributed by atoms with E-state index in [9.17, 15) is 14.4 Å². The summed E-state index contributed by atoms with van der Waals surface area (Å²) in [5.41, 5.74) is 1.25. The first-order chi connectivity index (χ1) is 14.0. The molecule has 0 spiro atoms. The molecule has 0 unspecified atom stereocenters. The van der Waals surface area contributed by atoms with Crippen molar-refractivity contribution in [3.63, 3.8) is 0 Å². The van der Waals surface area contributed by atoms with E-state index >= 15 is 0 Å². The molecular formula is C20H18N2O6S. The van der Waals surface area contributed by atoms with E-state index in [1.807, 2.05) is 0 Å². The third-order valence-electron chi connectivity index (χ3n) is 3.84. The second-order valence-corrected chi connectivity index (χ2v) is 6.85. The Hall–Kier alpha value is -3.46. The van der Waals surface area contributed by atoms with E-state index in [2.05, 4.69) is 10.6 Å². The largest absolute Gasteiger partial charge is 0.497 e. The van der Waals surface area contributed by atoms with Crippen molar-refractivity contribution in [1.29, 1.82) is 0 Å². The molecule has 2 aromatic rings. The van der Waals surface area contributed by atoms with Crippen molar-refractivity contribution in [3.8, 4) is 17.2 Å². The Labute approximate surface area is 171 Å². The Kier molecular flexibility index (Phi) is 6.40. The first-order valence-electron chi connectivity index (χ1n) is 8.48. The lowest BCUT2D eigenvalue weighted by Crippen LogP contribution is -2.20. The van der Waals surface area contributed by atoms with Crippen molar-refractivity contribution in [1.82, 2.24) is 5.32 Å². The fourth-order valence-corrected chi connectivity index (χ4v) is 3.19. The molecule has 2 aromatic carbocycles. The van der Waals surface area contributed by atoms with E-state index < -0.39 is 11.1 Å². The van der Waals surface area contributed by atoms with Gasteiger partial charge in [-0.25, -0.2) is 0 Å². The molecule has 0 aliphatic carbocycles. The van der Waals surface area contributed by atoms with E-state index in [4.69, 9.17) is 14.2 Å². The van der Waals surface area contributed by atoms with Crippen LogP contribution in [0.1, 0.15) is 5.56 Å². The lowest BCUT2D eigenvalue weighted by Gasteiger charge is -2.12. The van der Waals surface area contributed by atoms with Crippen LogP contribution in [0.3, 0.4) is 0 Å². The van der Waals surface area contributed by atoms with Crippen LogP contribution in [-0.2, 0) is 9.59 Å². The van der Waals surface area contributed by atoms with Crippen molar-refractivity contribution < 1.29 is 28.6 Å². The van der Waals surface area contributed by atoms with Crippen LogP contribution < -0.4 is 24.8 Å². The Balaban J connectivity index is 1.64. The Morgan fingerprint density at radius 2 is 1.93 bits per heavy atom. The number of ether oxygens (including phenoxy) is 3. The van der Waals surface area contributed by atoms with Crippen LogP contribution in [0, 0.1) is 0 Å². The number of imide groups is 1. The van der Waals surface area contributed by atoms with Gasteiger partial charge in [0.1, 0.15) is 5.75 Å². The lowest BCUT2D eigenvalue weighted by atomic mass is 10.2. The standard InChI is InChI=1S/C20H18N2O6S/c1-26-14-5-3-4-13(10-14)21-18(23)11-28-15-7-6-12(8-16(15)27-2)9-17-19(24)22-20(25)29-17/h3-10H,11H2,1-2H3,(H,21,23)(H,22,24,25)/b17-9-. The molecule has 1 heterocycles. The summed E-state index contributed by atoms with van der Waals surface area (Å²) in [6.07, 6.45) is 1.58. The second kappa shape index (κ2) is 9.16. The topological polar surface area (TPSA) is 103 Å². The summed E-state index contributed by atoms with van der Waals surface area (Å²) in [5, 5.41) is 4.51. The molecule has 0 radical (unpaired) electrons. The van der Waals surface area contributed by atoms with Gasteiger partial charge in [0.15, 0.2) is 18.1 Å². The molecule has 0 atom stereocenters. The minimum absolute atomic E-state index is 0.221. The molecular weight excluding hydrogens is 396 g/mol. The van der Waals surface area contributed by atoms with Gasteiger partial charge in [0.25, 0.3) is 17.1 Å². The number of carbonyl (C=O) groups excluding carboxylic acids is 3. The molecule has 1 aliphatic heterocycles. The number of hydrogen-bond donors (Lipinski definition) is 2. The van der Waals surface area contributed by atoms with Crippen LogP contribution in [0.5, 0.6) is 17.2 Å². The second-order valence-electron chi connectivity index (χ2n) is 5.83. The van der Waals surface area contributed by atoms with Gasteiger partial charge >= 0.3 is 0 Å². The molecule has 9 heteroatoms. The van der Waals surface area contributed by atoms with Crippen molar-refractivity contribution in [2.24, 2.45) is 0 Å². The van der Waals surface area contributed by atoms with Crippen LogP contribution in [0.2, 0.25) is 0 Å². The predicted molar refractivity (Wildman–Crippen MR) is 109 cm³/mol. The van der Waals surface area contributed by atoms with Crippen molar-refractivity contribution in [3.05, 3.63) is 52.9 Å². The van der Waals surface area contributed by atoms with Crippen LogP contribution in [-0.4, -0.2) is 37.9 Å². The number of methoxy groups -OCH3 is 2. The monoisotopic (exact) mass is 414 g/mol. The molecule has 8 nitrogen and oxygen atoms in total. The van der Waals surface area contributed by atoms with Gasteiger partial charge in [-0.15, -0.1) is 0 Å². The van der Waals surface area contributed by atoms with E-state index in [-0.39, 0.29) is 12.5 Å². The Bertz CT molecular complexity index is 989. The number of benzene rings is 2. The molecule has 0 saturated carbocycles. The fraction of sp³-hybridized carbons (Fsp3) is 0.150. The molecule has 1 aliphatic rings. The van der Waals surface area contributed by atoms with Crippen molar-refractivity contribution in [2.45, 2.75) is 0 Å². The van der Waals surface area contributed by atoms with Gasteiger partial charge in [-0.2, -0.15) is 0 Å². The van der Waals surface area contributed by atoms with Gasteiger partial charge in [0, 0.05) is 11.8 Å². The van der Waals surface area contributed by atoms with E-state index in [0.717, 1.165) is 11.8 Å². The van der Waals surface area contributed by atoms with E-state index in [1.54, 1.807) is 55.7 Å². The number of rotatable bonds is 7. The maximum atomic E-state index is 12.1. The predicted octanol–water partition coefficient (Wildman–Crippen LogP) is 3.05. The number of nitrogens with one attached hydrogen (secondary N) is 2. The van der Waals surface area contributed by atoms with Crippen molar-refractivity contribution >= 4 is 40.6 Å². The molecule has 2 N–H and O–H groups in total. The average molecular weight is 414 g/mol. The van der Waals surface area contributed by atoms with Gasteiger partial charge in [0.2, 0.25) is 0 Å². The fourth-order valence-electron chi connectivity index (χ4n) is 2.51. The number of anilines is 1. The highest BCUT2D eigenvalue weighted by Crippen LogP contribution is 2.31. The molecule has 0 bridgehead atoms. The highest BCUT2D eigenvalue weighted by molar-refractivity contribution is 8.18. The molecule has 29 heavy (non-hydrogen) atoms. The number of carbonyl (C=O) groups is 3. The van der Waals surface area contributed by atoms with Gasteiger partial charge in [-0.3, -0.25) is 19.7 Å². The zero-order chi connectivity index (χ0) is 20.8. The summed E-state index contributed by atoms with van der Waals surface area (Å²) in [6, 6.07) is 12.0. The third kappa shape index (κ3) is 5.29. The van der Waals surface area contributed by atoms with Gasteiger partial charge in [-0.1, -0.05) is 12.1 Å². The van der Waals surface area contributed by atoms with Crippen LogP contribution in [0.15, 0.2) is 47.4 Å². The molecule has 150 valence electrons. The first-order valence-corrected chi connectivity index (χ1v) is 9.29. The Morgan fingerprint density at radius 3 is 2.62 bits per heavy atom. The van der Waals surface area contributed by atoms with Crippen molar-refractivity contribution in [2.75, 3.05) is 26.1 Å². The SMILES string of the molecule is COc1cccc(NC(=O)COc2ccc(/C=C3\SC(=O)NC3=O)cc2OC)c1. The Morgan fingerprint density at radius 1 is 1.10 bits per heavy atom. The zero-order valence-electron chi connectivity index (χ0n) is 15.7. The molecule has 1 saturated heterocycles. The zero-order valence-corrected chi connectivity index (χ0v) is 16.5. The molecule has 0 aromatic heterocycles. The normalized spacial score (nSPS) is 14.5. The highest BCUT2D eigenvalue weighted by atomic mass is 32.2. The van der Waals surface area contributed by atoms with Crippen LogP contribution in [0.25, 0.3) is 6.08 Å². The average Bonchev–Trinajstić information content (AvgIpc) is 3.03. The summed E-state index contributed by atoms with van der Waals surface area (Å²) < 4.78 is 16.0. The van der Waals surface area contributed by atoms with Gasteiger partial charge in [-0.05, 0) is 47.7 Å². The summed E-state index contributed by atoms with van der Waals surface area (Å²) in [5.74, 6) is 0.613. The first kappa shape index (κ1) is 20.3. The van der Waals surface area contributed by atoms with E-state index in [1.165, 1.54) is 7.11 Å². The summed E-state index contributed by atoms with van der Waals surface area (Å²) in [6.45, 7) is -0.221. The molecule has 3 rings (SSSR count). The van der Waals surface area contributed by atoms with Crippen LogP contribution >= 0.6 is 11.8 Å². The molecule has 1 fully saturated rings. The maximum Gasteiger partial charge on any atom is 0.290 e. The number of thioether (sulfide) groups is 1. The minimum atomic E-state index is -0.437. The summed E-state index contributed by atoms with van der Waals surface area (Å²) >= 11 is 0.831. The summed E-state index contributed by atoms with van der Waals surface area (Å²) in [4.78, 5) is 35.3. The number of hydrogen-bond acceptors (Lipinski definition) is 7. The maximum absolute atomic E-state index is 12.1. The van der Waals surface area contributed by atoms with Gasteiger partial charge < -0.3 is 19.5 Å². The minimum Gasteiger partial charge on any atom is -0.497 e. The van der Waals surface area contributed by atoms with Crippen LogP contribution in [0.4, 0.5) is 10.5 Å². The summed E-state index contributed by atoms with van der Waals surface area (Å²) in [7, 11) is 3.02. The van der Waals surface area contributed by atoms with E-state index in [0.29, 0.717) is 33.4 Å². The highest BCUT2D eigenvalue weighted by Gasteiger charge is 2.25. The van der Waals surface area contributed by atoms with Gasteiger partial charge in [0.05, 0.1) is 19.1 Å². The smallest absolute Gasteiger partial charge is 0.290 e. The number of amides is 3. The third-order valence-corrected chi connectivity index (χ3v) is 4.65.